The van der Waals surface area contributed by atoms with E-state index in [0.29, 0.717) is 18.2 Å². The van der Waals surface area contributed by atoms with E-state index in [2.05, 4.69) is 15.1 Å². The minimum absolute atomic E-state index is 0.142. The molecule has 2 aromatic heterocycles. The molecule has 0 amide bonds. The SMILES string of the molecule is COc1ncccc1Cc1nc(C(C)(C)S(C)(=O)=O)no1. The molecule has 0 spiro atoms. The van der Waals surface area contributed by atoms with E-state index >= 15 is 0 Å². The summed E-state index contributed by atoms with van der Waals surface area (Å²) in [6.45, 7) is 3.09. The van der Waals surface area contributed by atoms with Crippen molar-refractivity contribution in [1.29, 1.82) is 0 Å². The summed E-state index contributed by atoms with van der Waals surface area (Å²) in [5.41, 5.74) is 0.785. The number of pyridine rings is 1. The lowest BCUT2D eigenvalue weighted by Gasteiger charge is -2.17. The number of hydrogen-bond acceptors (Lipinski definition) is 7. The molecule has 0 fully saturated rings. The van der Waals surface area contributed by atoms with Gasteiger partial charge in [0.1, 0.15) is 4.75 Å². The first-order chi connectivity index (χ1) is 9.75. The molecule has 2 heterocycles. The molecule has 0 aliphatic heterocycles. The third-order valence-electron chi connectivity index (χ3n) is 3.32. The normalized spacial score (nSPS) is 12.4. The van der Waals surface area contributed by atoms with E-state index in [1.807, 2.05) is 6.07 Å². The van der Waals surface area contributed by atoms with E-state index in [4.69, 9.17) is 9.26 Å². The van der Waals surface area contributed by atoms with E-state index in [1.165, 1.54) is 7.11 Å². The second kappa shape index (κ2) is 5.44. The molecule has 0 aromatic carbocycles. The summed E-state index contributed by atoms with van der Waals surface area (Å²) < 4.78 is 32.6. The number of hydrogen-bond donors (Lipinski definition) is 0. The Hall–Kier alpha value is -1.96. The monoisotopic (exact) mass is 311 g/mol. The van der Waals surface area contributed by atoms with Gasteiger partial charge >= 0.3 is 0 Å². The quantitative estimate of drug-likeness (QED) is 0.822. The zero-order valence-electron chi connectivity index (χ0n) is 12.3. The minimum atomic E-state index is -3.35. The van der Waals surface area contributed by atoms with Crippen LogP contribution >= 0.6 is 0 Å². The number of methoxy groups -OCH3 is 1. The van der Waals surface area contributed by atoms with Gasteiger partial charge in [0.05, 0.1) is 13.5 Å². The van der Waals surface area contributed by atoms with E-state index in [-0.39, 0.29) is 5.82 Å². The fraction of sp³-hybridized carbons (Fsp3) is 0.462. The maximum Gasteiger partial charge on any atom is 0.231 e. The summed E-state index contributed by atoms with van der Waals surface area (Å²) in [5, 5.41) is 3.78. The molecule has 2 aromatic rings. The Morgan fingerprint density at radius 2 is 2.10 bits per heavy atom. The van der Waals surface area contributed by atoms with Crippen molar-refractivity contribution >= 4 is 9.84 Å². The highest BCUT2D eigenvalue weighted by atomic mass is 32.2. The Balaban J connectivity index is 2.29. The first-order valence-corrected chi connectivity index (χ1v) is 8.15. The predicted molar refractivity (Wildman–Crippen MR) is 75.8 cm³/mol. The highest BCUT2D eigenvalue weighted by molar-refractivity contribution is 7.91. The van der Waals surface area contributed by atoms with Crippen LogP contribution in [0.25, 0.3) is 0 Å². The van der Waals surface area contributed by atoms with Crippen molar-refractivity contribution in [2.45, 2.75) is 25.0 Å². The lowest BCUT2D eigenvalue weighted by molar-refractivity contribution is 0.367. The third kappa shape index (κ3) is 3.05. The highest BCUT2D eigenvalue weighted by Gasteiger charge is 2.37. The van der Waals surface area contributed by atoms with Crippen LogP contribution in [0.5, 0.6) is 5.88 Å². The van der Waals surface area contributed by atoms with E-state index in [1.54, 1.807) is 26.1 Å². The Morgan fingerprint density at radius 1 is 1.38 bits per heavy atom. The molecule has 0 atom stereocenters. The van der Waals surface area contributed by atoms with Crippen LogP contribution in [-0.2, 0) is 21.0 Å². The highest BCUT2D eigenvalue weighted by Crippen LogP contribution is 2.27. The van der Waals surface area contributed by atoms with Crippen LogP contribution in [0.15, 0.2) is 22.9 Å². The molecular weight excluding hydrogens is 294 g/mol. The fourth-order valence-electron chi connectivity index (χ4n) is 1.64. The Labute approximate surface area is 123 Å². The number of sulfone groups is 1. The standard InChI is InChI=1S/C13H17N3O4S/c1-13(2,21(4,17)18)12-15-10(20-16-12)8-9-6-5-7-14-11(9)19-3/h5-7H,8H2,1-4H3. The zero-order chi connectivity index (χ0) is 15.7. The van der Waals surface area contributed by atoms with Gasteiger partial charge in [-0.25, -0.2) is 13.4 Å². The lowest BCUT2D eigenvalue weighted by atomic mass is 10.2. The molecule has 7 nitrogen and oxygen atoms in total. The molecule has 0 saturated heterocycles. The van der Waals surface area contributed by atoms with Gasteiger partial charge in [-0.1, -0.05) is 11.2 Å². The molecule has 0 unspecified atom stereocenters. The maximum absolute atomic E-state index is 11.8. The van der Waals surface area contributed by atoms with Gasteiger partial charge in [0, 0.05) is 18.0 Å². The van der Waals surface area contributed by atoms with Crippen LogP contribution in [0.3, 0.4) is 0 Å². The summed E-state index contributed by atoms with van der Waals surface area (Å²) >= 11 is 0. The average molecular weight is 311 g/mol. The second-order valence-electron chi connectivity index (χ2n) is 5.14. The van der Waals surface area contributed by atoms with Crippen LogP contribution in [0.4, 0.5) is 0 Å². The third-order valence-corrected chi connectivity index (χ3v) is 5.36. The summed E-state index contributed by atoms with van der Waals surface area (Å²) in [5.74, 6) is 0.926. The van der Waals surface area contributed by atoms with Gasteiger partial charge < -0.3 is 9.26 Å². The molecule has 0 aliphatic rings. The predicted octanol–water partition coefficient (Wildman–Crippen LogP) is 1.34. The van der Waals surface area contributed by atoms with Gasteiger partial charge in [0.2, 0.25) is 11.8 Å². The van der Waals surface area contributed by atoms with Gasteiger partial charge in [0.15, 0.2) is 15.7 Å². The van der Waals surface area contributed by atoms with Crippen molar-refractivity contribution in [1.82, 2.24) is 15.1 Å². The van der Waals surface area contributed by atoms with Crippen LogP contribution in [-0.4, -0.2) is 36.9 Å². The zero-order valence-corrected chi connectivity index (χ0v) is 13.1. The second-order valence-corrected chi connectivity index (χ2v) is 7.71. The molecule has 21 heavy (non-hydrogen) atoms. The van der Waals surface area contributed by atoms with Crippen molar-refractivity contribution in [3.05, 3.63) is 35.6 Å². The fourth-order valence-corrected chi connectivity index (χ4v) is 2.06. The molecule has 0 aliphatic carbocycles. The molecule has 0 radical (unpaired) electrons. The first-order valence-electron chi connectivity index (χ1n) is 6.26. The molecule has 0 bridgehead atoms. The van der Waals surface area contributed by atoms with Crippen molar-refractivity contribution in [3.63, 3.8) is 0 Å². The van der Waals surface area contributed by atoms with Gasteiger partial charge in [-0.05, 0) is 19.9 Å². The number of ether oxygens (including phenoxy) is 1. The molecule has 2 rings (SSSR count). The topological polar surface area (TPSA) is 95.2 Å². The van der Waals surface area contributed by atoms with Crippen LogP contribution in [0.1, 0.15) is 31.1 Å². The van der Waals surface area contributed by atoms with E-state index < -0.39 is 14.6 Å². The van der Waals surface area contributed by atoms with Crippen molar-refractivity contribution in [2.75, 3.05) is 13.4 Å². The van der Waals surface area contributed by atoms with Gasteiger partial charge in [-0.15, -0.1) is 0 Å². The van der Waals surface area contributed by atoms with Crippen LogP contribution < -0.4 is 4.74 Å². The minimum Gasteiger partial charge on any atom is -0.481 e. The van der Waals surface area contributed by atoms with Crippen LogP contribution in [0.2, 0.25) is 0 Å². The van der Waals surface area contributed by atoms with Gasteiger partial charge in [-0.2, -0.15) is 4.98 Å². The van der Waals surface area contributed by atoms with Gasteiger partial charge in [-0.3, -0.25) is 0 Å². The van der Waals surface area contributed by atoms with Gasteiger partial charge in [0.25, 0.3) is 0 Å². The summed E-state index contributed by atoms with van der Waals surface area (Å²) in [6, 6.07) is 3.60. The average Bonchev–Trinajstić information content (AvgIpc) is 2.87. The Bertz CT molecular complexity index is 737. The largest absolute Gasteiger partial charge is 0.481 e. The van der Waals surface area contributed by atoms with Crippen molar-refractivity contribution in [2.24, 2.45) is 0 Å². The molecule has 0 N–H and O–H groups in total. The Morgan fingerprint density at radius 3 is 2.71 bits per heavy atom. The van der Waals surface area contributed by atoms with Crippen LogP contribution in [0, 0.1) is 0 Å². The molecule has 0 saturated carbocycles. The summed E-state index contributed by atoms with van der Waals surface area (Å²) in [6.07, 6.45) is 3.09. The smallest absolute Gasteiger partial charge is 0.231 e. The molecular formula is C13H17N3O4S. The number of aromatic nitrogens is 3. The lowest BCUT2D eigenvalue weighted by Crippen LogP contribution is -2.29. The first kappa shape index (κ1) is 15.4. The maximum atomic E-state index is 11.8. The van der Waals surface area contributed by atoms with Crippen molar-refractivity contribution in [3.8, 4) is 5.88 Å². The molecule has 114 valence electrons. The van der Waals surface area contributed by atoms with E-state index in [0.717, 1.165) is 11.8 Å². The Kier molecular flexibility index (Phi) is 3.99. The summed E-state index contributed by atoms with van der Waals surface area (Å²) in [4.78, 5) is 8.26. The van der Waals surface area contributed by atoms with Crippen molar-refractivity contribution < 1.29 is 17.7 Å². The summed E-state index contributed by atoms with van der Waals surface area (Å²) in [7, 11) is -1.82. The number of nitrogens with zero attached hydrogens (tertiary/aromatic N) is 3. The van der Waals surface area contributed by atoms with E-state index in [9.17, 15) is 8.42 Å². The molecule has 8 heteroatoms. The number of rotatable bonds is 5.